The van der Waals surface area contributed by atoms with E-state index < -0.39 is 0 Å². The Bertz CT molecular complexity index is 1100. The molecule has 9 heteroatoms. The predicted octanol–water partition coefficient (Wildman–Crippen LogP) is 4.67. The van der Waals surface area contributed by atoms with Crippen LogP contribution >= 0.6 is 23.1 Å². The highest BCUT2D eigenvalue weighted by Gasteiger charge is 2.25. The van der Waals surface area contributed by atoms with E-state index >= 15 is 0 Å². The van der Waals surface area contributed by atoms with Gasteiger partial charge in [0, 0.05) is 42.3 Å². The number of carbonyl (C=O) groups is 2. The van der Waals surface area contributed by atoms with Gasteiger partial charge in [0.2, 0.25) is 5.91 Å². The molecule has 0 spiro atoms. The molecule has 2 amide bonds. The molecule has 1 atom stereocenters. The van der Waals surface area contributed by atoms with Gasteiger partial charge < -0.3 is 15.5 Å². The van der Waals surface area contributed by atoms with Crippen LogP contribution in [0, 0.1) is 0 Å². The van der Waals surface area contributed by atoms with Crippen LogP contribution in [0.15, 0.2) is 71.7 Å². The van der Waals surface area contributed by atoms with Gasteiger partial charge in [-0.3, -0.25) is 14.6 Å². The smallest absolute Gasteiger partial charge is 0.253 e. The van der Waals surface area contributed by atoms with Gasteiger partial charge in [-0.05, 0) is 55.3 Å². The third kappa shape index (κ3) is 6.43. The van der Waals surface area contributed by atoms with Crippen LogP contribution in [0.5, 0.6) is 0 Å². The van der Waals surface area contributed by atoms with Crippen molar-refractivity contribution in [3.05, 3.63) is 78.8 Å². The van der Waals surface area contributed by atoms with Crippen LogP contribution in [0.25, 0.3) is 0 Å². The van der Waals surface area contributed by atoms with Crippen molar-refractivity contribution in [2.24, 2.45) is 0 Å². The molecule has 1 aromatic carbocycles. The van der Waals surface area contributed by atoms with Crippen LogP contribution in [-0.4, -0.2) is 45.8 Å². The highest BCUT2D eigenvalue weighted by atomic mass is 32.2. The number of piperidine rings is 1. The number of amides is 2. The van der Waals surface area contributed by atoms with Gasteiger partial charge in [0.25, 0.3) is 5.91 Å². The fraction of sp³-hybridized carbons (Fsp3) is 0.250. The summed E-state index contributed by atoms with van der Waals surface area (Å²) >= 11 is 3.35. The molecule has 0 saturated carbocycles. The summed E-state index contributed by atoms with van der Waals surface area (Å²) in [6.07, 6.45) is 6.83. The standard InChI is InChI=1S/C24H25N5O2S2/c1-2-21(30)27-18-10-8-17(9-11-18)23(31)29-13-5-7-19(15-29)28-24-26-14-22(33-24)32-16-20-6-3-4-12-25-20/h2-4,6,8-12,14,19H,1,5,7,13,15-16H2,(H,26,28)(H,27,30)/t19-/m1/s1. The Hall–Kier alpha value is -3.17. The van der Waals surface area contributed by atoms with Crippen LogP contribution in [0.1, 0.15) is 28.9 Å². The summed E-state index contributed by atoms with van der Waals surface area (Å²) in [6.45, 7) is 4.80. The van der Waals surface area contributed by atoms with Gasteiger partial charge in [0.05, 0.1) is 16.1 Å². The lowest BCUT2D eigenvalue weighted by Crippen LogP contribution is -2.45. The number of rotatable bonds is 8. The Morgan fingerprint density at radius 1 is 1.21 bits per heavy atom. The third-order valence-corrected chi connectivity index (χ3v) is 7.35. The van der Waals surface area contributed by atoms with E-state index in [9.17, 15) is 9.59 Å². The number of nitrogens with zero attached hydrogens (tertiary/aromatic N) is 3. The number of thioether (sulfide) groups is 1. The molecule has 170 valence electrons. The molecule has 3 heterocycles. The molecule has 3 aromatic rings. The minimum absolute atomic E-state index is 0.00570. The SMILES string of the molecule is C=CC(=O)Nc1ccc(C(=O)N2CCC[C@@H](Nc3ncc(SCc4ccccn4)s3)C2)cc1. The zero-order valence-corrected chi connectivity index (χ0v) is 19.7. The molecule has 0 radical (unpaired) electrons. The van der Waals surface area contributed by atoms with Crippen LogP contribution < -0.4 is 10.6 Å². The van der Waals surface area contributed by atoms with Crippen molar-refractivity contribution < 1.29 is 9.59 Å². The molecular weight excluding hydrogens is 454 g/mol. The van der Waals surface area contributed by atoms with E-state index in [1.165, 1.54) is 6.08 Å². The van der Waals surface area contributed by atoms with Gasteiger partial charge in [-0.1, -0.05) is 24.0 Å². The number of pyridine rings is 1. The first kappa shape index (κ1) is 23.0. The second-order valence-electron chi connectivity index (χ2n) is 7.60. The van der Waals surface area contributed by atoms with E-state index in [4.69, 9.17) is 0 Å². The number of hydrogen-bond donors (Lipinski definition) is 2. The van der Waals surface area contributed by atoms with E-state index in [0.717, 1.165) is 40.2 Å². The molecule has 0 bridgehead atoms. The predicted molar refractivity (Wildman–Crippen MR) is 134 cm³/mol. The first-order chi connectivity index (χ1) is 16.1. The fourth-order valence-electron chi connectivity index (χ4n) is 3.55. The molecule has 2 aromatic heterocycles. The summed E-state index contributed by atoms with van der Waals surface area (Å²) in [5.74, 6) is 0.526. The summed E-state index contributed by atoms with van der Waals surface area (Å²) in [4.78, 5) is 35.1. The van der Waals surface area contributed by atoms with Gasteiger partial charge in [0.15, 0.2) is 5.13 Å². The largest absolute Gasteiger partial charge is 0.357 e. The lowest BCUT2D eigenvalue weighted by atomic mass is 10.0. The molecule has 1 fully saturated rings. The second-order valence-corrected chi connectivity index (χ2v) is 9.91. The Kier molecular flexibility index (Phi) is 7.74. The van der Waals surface area contributed by atoms with Gasteiger partial charge in [-0.25, -0.2) is 4.98 Å². The maximum absolute atomic E-state index is 13.0. The van der Waals surface area contributed by atoms with Crippen molar-refractivity contribution in [3.8, 4) is 0 Å². The average Bonchev–Trinajstić information content (AvgIpc) is 3.30. The van der Waals surface area contributed by atoms with Crippen LogP contribution in [0.4, 0.5) is 10.8 Å². The molecular formula is C24H25N5O2S2. The maximum Gasteiger partial charge on any atom is 0.253 e. The fourth-order valence-corrected chi connectivity index (χ4v) is 5.41. The zero-order chi connectivity index (χ0) is 23.0. The van der Waals surface area contributed by atoms with Gasteiger partial charge >= 0.3 is 0 Å². The zero-order valence-electron chi connectivity index (χ0n) is 18.1. The first-order valence-corrected chi connectivity index (χ1v) is 12.5. The minimum Gasteiger partial charge on any atom is -0.357 e. The van der Waals surface area contributed by atoms with Crippen LogP contribution in [0.3, 0.4) is 0 Å². The van der Waals surface area contributed by atoms with Crippen molar-refractivity contribution in [3.63, 3.8) is 0 Å². The molecule has 1 aliphatic rings. The van der Waals surface area contributed by atoms with Gasteiger partial charge in [0.1, 0.15) is 0 Å². The van der Waals surface area contributed by atoms with Crippen LogP contribution in [0.2, 0.25) is 0 Å². The number of anilines is 2. The summed E-state index contributed by atoms with van der Waals surface area (Å²) in [5, 5.41) is 7.06. The highest BCUT2D eigenvalue weighted by Crippen LogP contribution is 2.31. The number of carbonyl (C=O) groups excluding carboxylic acids is 2. The first-order valence-electron chi connectivity index (χ1n) is 10.7. The summed E-state index contributed by atoms with van der Waals surface area (Å²) in [5.41, 5.74) is 2.28. The van der Waals surface area contributed by atoms with Crippen molar-refractivity contribution >= 4 is 45.7 Å². The number of nitrogens with one attached hydrogen (secondary N) is 2. The minimum atomic E-state index is -0.278. The molecule has 0 unspecified atom stereocenters. The summed E-state index contributed by atoms with van der Waals surface area (Å²) in [6, 6.07) is 13.0. The molecule has 1 saturated heterocycles. The van der Waals surface area contributed by atoms with Gasteiger partial charge in [-0.2, -0.15) is 0 Å². The second kappa shape index (κ2) is 11.1. The summed E-state index contributed by atoms with van der Waals surface area (Å²) < 4.78 is 1.13. The quantitative estimate of drug-likeness (QED) is 0.361. The number of likely N-dealkylation sites (tertiary alicyclic amines) is 1. The number of hydrogen-bond acceptors (Lipinski definition) is 7. The average molecular weight is 480 g/mol. The van der Waals surface area contributed by atoms with Gasteiger partial charge in [-0.15, -0.1) is 11.8 Å². The molecule has 0 aliphatic carbocycles. The number of aromatic nitrogens is 2. The third-order valence-electron chi connectivity index (χ3n) is 5.19. The normalized spacial score (nSPS) is 15.6. The molecule has 4 rings (SSSR count). The number of benzene rings is 1. The van der Waals surface area contributed by atoms with E-state index in [1.807, 2.05) is 29.3 Å². The van der Waals surface area contributed by atoms with Crippen molar-refractivity contribution in [1.82, 2.24) is 14.9 Å². The Labute approximate surface area is 201 Å². The molecule has 33 heavy (non-hydrogen) atoms. The van der Waals surface area contributed by atoms with E-state index in [0.29, 0.717) is 17.8 Å². The molecule has 1 aliphatic heterocycles. The van der Waals surface area contributed by atoms with Crippen molar-refractivity contribution in [2.45, 2.75) is 28.8 Å². The van der Waals surface area contributed by atoms with Crippen molar-refractivity contribution in [2.75, 3.05) is 23.7 Å². The molecule has 7 nitrogen and oxygen atoms in total. The molecule has 2 N–H and O–H groups in total. The Morgan fingerprint density at radius 3 is 2.82 bits per heavy atom. The lowest BCUT2D eigenvalue weighted by molar-refractivity contribution is -0.111. The summed E-state index contributed by atoms with van der Waals surface area (Å²) in [7, 11) is 0. The number of thiazole rings is 1. The Morgan fingerprint density at radius 2 is 2.06 bits per heavy atom. The van der Waals surface area contributed by atoms with E-state index in [-0.39, 0.29) is 17.9 Å². The maximum atomic E-state index is 13.0. The van der Waals surface area contributed by atoms with Crippen molar-refractivity contribution in [1.29, 1.82) is 0 Å². The monoisotopic (exact) mass is 479 g/mol. The van der Waals surface area contributed by atoms with E-state index in [1.54, 1.807) is 53.6 Å². The van der Waals surface area contributed by atoms with E-state index in [2.05, 4.69) is 27.2 Å². The Balaban J connectivity index is 1.30. The highest BCUT2D eigenvalue weighted by molar-refractivity contribution is 8.00. The topological polar surface area (TPSA) is 87.2 Å². The van der Waals surface area contributed by atoms with Crippen LogP contribution in [-0.2, 0) is 10.5 Å². The lowest BCUT2D eigenvalue weighted by Gasteiger charge is -2.33.